The van der Waals surface area contributed by atoms with E-state index >= 15 is 0 Å². The number of carbonyl (C=O) groups excluding carboxylic acids is 3. The van der Waals surface area contributed by atoms with Gasteiger partial charge in [-0.15, -0.1) is 0 Å². The van der Waals surface area contributed by atoms with Crippen LogP contribution in [0.15, 0.2) is 0 Å². The average molecular weight is 467 g/mol. The second kappa shape index (κ2) is 9.48. The maximum atomic E-state index is 13.6. The first kappa shape index (κ1) is 24.4. The molecule has 4 fully saturated rings. The molecule has 4 heterocycles. The van der Waals surface area contributed by atoms with Crippen LogP contribution in [0.4, 0.5) is 0 Å². The van der Waals surface area contributed by atoms with Crippen LogP contribution in [0.1, 0.15) is 33.6 Å². The number of likely N-dealkylation sites (tertiary alicyclic amines) is 1. The van der Waals surface area contributed by atoms with Crippen LogP contribution < -0.4 is 10.6 Å². The Morgan fingerprint density at radius 3 is 2.52 bits per heavy atom. The number of β-amino-alcohol motifs (C(OH)–C–C–N with tert-alkyl or cyclic N) is 1. The van der Waals surface area contributed by atoms with Gasteiger partial charge in [0.1, 0.15) is 11.6 Å². The molecule has 0 aromatic carbocycles. The standard InChI is InChI=1S/C23H38N4O6/c1-4-5-24-19(29)16-17-21(31)27(8-11-28)18(23(17)14-15(2)22(16,3)33-23)20(30)25-6-7-26-9-12-32-13-10-26/h15-18,28H,4-14H2,1-3H3,(H,24,29)(H,25,30)/t15?,16-,17-,18?,22+,23?/m0/s1. The van der Waals surface area contributed by atoms with E-state index in [-0.39, 0.29) is 36.8 Å². The highest BCUT2D eigenvalue weighted by Crippen LogP contribution is 2.65. The quantitative estimate of drug-likeness (QED) is 0.397. The lowest BCUT2D eigenvalue weighted by Gasteiger charge is -2.36. The van der Waals surface area contributed by atoms with Gasteiger partial charge in [-0.25, -0.2) is 0 Å². The lowest BCUT2D eigenvalue weighted by atomic mass is 9.62. The maximum Gasteiger partial charge on any atom is 0.245 e. The Hall–Kier alpha value is -1.75. The maximum absolute atomic E-state index is 13.6. The van der Waals surface area contributed by atoms with Gasteiger partial charge in [-0.05, 0) is 25.7 Å². The molecule has 6 atom stereocenters. The van der Waals surface area contributed by atoms with Crippen LogP contribution in [0.5, 0.6) is 0 Å². The van der Waals surface area contributed by atoms with Crippen LogP contribution >= 0.6 is 0 Å². The topological polar surface area (TPSA) is 120 Å². The van der Waals surface area contributed by atoms with Crippen molar-refractivity contribution in [1.29, 1.82) is 0 Å². The smallest absolute Gasteiger partial charge is 0.245 e. The lowest BCUT2D eigenvalue weighted by molar-refractivity contribution is -0.148. The van der Waals surface area contributed by atoms with Gasteiger partial charge in [0, 0.05) is 39.3 Å². The fraction of sp³-hybridized carbons (Fsp3) is 0.870. The number of hydrogen-bond acceptors (Lipinski definition) is 7. The highest BCUT2D eigenvalue weighted by atomic mass is 16.5. The number of aliphatic hydroxyl groups excluding tert-OH is 1. The summed E-state index contributed by atoms with van der Waals surface area (Å²) in [7, 11) is 0. The summed E-state index contributed by atoms with van der Waals surface area (Å²) in [4.78, 5) is 43.9. The van der Waals surface area contributed by atoms with Crippen molar-refractivity contribution in [2.24, 2.45) is 17.8 Å². The second-order valence-corrected chi connectivity index (χ2v) is 10.00. The molecule has 2 bridgehead atoms. The van der Waals surface area contributed by atoms with Crippen LogP contribution in [0, 0.1) is 17.8 Å². The molecule has 3 N–H and O–H groups in total. The molecule has 33 heavy (non-hydrogen) atoms. The molecule has 3 unspecified atom stereocenters. The summed E-state index contributed by atoms with van der Waals surface area (Å²) in [5, 5.41) is 15.6. The zero-order valence-electron chi connectivity index (χ0n) is 20.0. The van der Waals surface area contributed by atoms with Crippen molar-refractivity contribution < 1.29 is 29.0 Å². The molecule has 4 aliphatic rings. The molecule has 0 aromatic heterocycles. The van der Waals surface area contributed by atoms with E-state index in [1.54, 1.807) is 0 Å². The van der Waals surface area contributed by atoms with Crippen LogP contribution in [0.2, 0.25) is 0 Å². The van der Waals surface area contributed by atoms with Gasteiger partial charge in [-0.2, -0.15) is 0 Å². The van der Waals surface area contributed by atoms with Crippen LogP contribution in [-0.2, 0) is 23.9 Å². The molecular formula is C23H38N4O6. The van der Waals surface area contributed by atoms with Crippen molar-refractivity contribution in [1.82, 2.24) is 20.4 Å². The van der Waals surface area contributed by atoms with Gasteiger partial charge in [0.25, 0.3) is 0 Å². The summed E-state index contributed by atoms with van der Waals surface area (Å²) in [6.45, 7) is 10.4. The zero-order valence-corrected chi connectivity index (χ0v) is 20.0. The van der Waals surface area contributed by atoms with Crippen molar-refractivity contribution in [3.8, 4) is 0 Å². The normalized spacial score (nSPS) is 37.9. The molecule has 186 valence electrons. The third-order valence-corrected chi connectivity index (χ3v) is 8.07. The van der Waals surface area contributed by atoms with Gasteiger partial charge in [-0.1, -0.05) is 13.8 Å². The Kier molecular flexibility index (Phi) is 7.00. The van der Waals surface area contributed by atoms with Gasteiger partial charge < -0.3 is 30.1 Å². The number of rotatable bonds is 9. The highest BCUT2D eigenvalue weighted by molar-refractivity contribution is 5.99. The Labute approximate surface area is 195 Å². The minimum Gasteiger partial charge on any atom is -0.395 e. The third-order valence-electron chi connectivity index (χ3n) is 8.07. The van der Waals surface area contributed by atoms with E-state index < -0.39 is 29.1 Å². The lowest BCUT2D eigenvalue weighted by Crippen LogP contribution is -2.56. The Morgan fingerprint density at radius 2 is 1.85 bits per heavy atom. The van der Waals surface area contributed by atoms with Gasteiger partial charge >= 0.3 is 0 Å². The minimum absolute atomic E-state index is 0.0108. The van der Waals surface area contributed by atoms with E-state index in [4.69, 9.17) is 9.47 Å². The minimum atomic E-state index is -1.06. The van der Waals surface area contributed by atoms with E-state index in [1.807, 2.05) is 20.8 Å². The predicted molar refractivity (Wildman–Crippen MR) is 119 cm³/mol. The van der Waals surface area contributed by atoms with Gasteiger partial charge in [0.2, 0.25) is 17.7 Å². The highest BCUT2D eigenvalue weighted by Gasteiger charge is 2.79. The Morgan fingerprint density at radius 1 is 1.15 bits per heavy atom. The molecule has 10 heteroatoms. The molecule has 3 amide bonds. The van der Waals surface area contributed by atoms with Crippen LogP contribution in [0.25, 0.3) is 0 Å². The van der Waals surface area contributed by atoms with Crippen molar-refractivity contribution >= 4 is 17.7 Å². The Bertz CT molecular complexity index is 774. The first-order valence-corrected chi connectivity index (χ1v) is 12.3. The van der Waals surface area contributed by atoms with Crippen LogP contribution in [0.3, 0.4) is 0 Å². The molecule has 10 nitrogen and oxygen atoms in total. The fourth-order valence-corrected chi connectivity index (χ4v) is 6.40. The SMILES string of the molecule is CCCNC(=O)[C@@H]1[C@H]2C(=O)N(CCO)C(C(=O)NCCN3CCOCC3)C23CC(C)[C@@]1(C)O3. The Balaban J connectivity index is 1.57. The summed E-state index contributed by atoms with van der Waals surface area (Å²) < 4.78 is 11.9. The molecule has 4 aliphatic heterocycles. The van der Waals surface area contributed by atoms with E-state index in [9.17, 15) is 19.5 Å². The number of carbonyl (C=O) groups is 3. The summed E-state index contributed by atoms with van der Waals surface area (Å²) in [6.07, 6.45) is 1.32. The molecule has 0 aliphatic carbocycles. The monoisotopic (exact) mass is 466 g/mol. The molecule has 0 radical (unpaired) electrons. The van der Waals surface area contributed by atoms with Crippen molar-refractivity contribution in [2.45, 2.75) is 50.9 Å². The van der Waals surface area contributed by atoms with E-state index in [1.165, 1.54) is 4.90 Å². The number of ether oxygens (including phenoxy) is 2. The predicted octanol–water partition coefficient (Wildman–Crippen LogP) is -1.04. The number of aliphatic hydroxyl groups is 1. The summed E-state index contributed by atoms with van der Waals surface area (Å²) >= 11 is 0. The van der Waals surface area contributed by atoms with Crippen molar-refractivity contribution in [2.75, 3.05) is 59.1 Å². The van der Waals surface area contributed by atoms with E-state index in [0.717, 1.165) is 19.5 Å². The number of amides is 3. The van der Waals surface area contributed by atoms with Gasteiger partial charge in [0.05, 0.1) is 37.3 Å². The largest absolute Gasteiger partial charge is 0.395 e. The second-order valence-electron chi connectivity index (χ2n) is 10.00. The first-order valence-electron chi connectivity index (χ1n) is 12.3. The number of hydrogen-bond donors (Lipinski definition) is 3. The first-order chi connectivity index (χ1) is 15.8. The van der Waals surface area contributed by atoms with Gasteiger partial charge in [0.15, 0.2) is 0 Å². The summed E-state index contributed by atoms with van der Waals surface area (Å²) in [6, 6.07) is -0.861. The number of fused-ring (bicyclic) bond motifs is 1. The number of nitrogens with one attached hydrogen (secondary N) is 2. The van der Waals surface area contributed by atoms with E-state index in [2.05, 4.69) is 15.5 Å². The average Bonchev–Trinajstić information content (AvgIpc) is 3.30. The number of nitrogens with zero attached hydrogens (tertiary/aromatic N) is 2. The van der Waals surface area contributed by atoms with Crippen molar-refractivity contribution in [3.63, 3.8) is 0 Å². The zero-order chi connectivity index (χ0) is 23.8. The van der Waals surface area contributed by atoms with E-state index in [0.29, 0.717) is 39.3 Å². The molecule has 4 rings (SSSR count). The molecule has 0 saturated carbocycles. The summed E-state index contributed by atoms with van der Waals surface area (Å²) in [5.74, 6) is -2.12. The number of morpholine rings is 1. The fourth-order valence-electron chi connectivity index (χ4n) is 6.40. The molecule has 4 saturated heterocycles. The third kappa shape index (κ3) is 3.94. The molecule has 1 spiro atoms. The van der Waals surface area contributed by atoms with Crippen LogP contribution in [-0.4, -0.2) is 109 Å². The van der Waals surface area contributed by atoms with Gasteiger partial charge in [-0.3, -0.25) is 19.3 Å². The van der Waals surface area contributed by atoms with Crippen molar-refractivity contribution in [3.05, 3.63) is 0 Å². The summed E-state index contributed by atoms with van der Waals surface area (Å²) in [5.41, 5.74) is -1.87. The molecular weight excluding hydrogens is 428 g/mol. The molecule has 0 aromatic rings.